The Hall–Kier alpha value is -3.41. The molecule has 3 heterocycles. The maximum absolute atomic E-state index is 8.79. The van der Waals surface area contributed by atoms with Crippen molar-refractivity contribution >= 4 is 49.2 Å². The van der Waals surface area contributed by atoms with Crippen LogP contribution in [0.25, 0.3) is 53.8 Å². The van der Waals surface area contributed by atoms with Crippen LogP contribution < -0.4 is 4.40 Å². The summed E-state index contributed by atoms with van der Waals surface area (Å²) in [5, 5.41) is 2.45. The molecule has 3 aromatic heterocycles. The Morgan fingerprint density at radius 2 is 1.48 bits per heavy atom. The number of fused-ring (bicyclic) bond motifs is 3. The Labute approximate surface area is 359 Å². The van der Waals surface area contributed by atoms with Crippen LogP contribution in [0.15, 0.2) is 103 Å². The maximum Gasteiger partial charge on any atom is 0 e. The van der Waals surface area contributed by atoms with E-state index in [1.807, 2.05) is 24.4 Å². The van der Waals surface area contributed by atoms with Crippen molar-refractivity contribution < 1.29 is 24.2 Å². The molecule has 2 nitrogen and oxygen atoms in total. The summed E-state index contributed by atoms with van der Waals surface area (Å²) < 4.78 is 30.2. The van der Waals surface area contributed by atoms with Crippen molar-refractivity contribution in [2.45, 2.75) is 101 Å². The zero-order valence-corrected chi connectivity index (χ0v) is 38.7. The molecule has 56 heavy (non-hydrogen) atoms. The van der Waals surface area contributed by atoms with Crippen LogP contribution >= 0.6 is 11.3 Å². The van der Waals surface area contributed by atoms with Gasteiger partial charge in [-0.2, -0.15) is 11.3 Å². The maximum atomic E-state index is 8.79. The molecule has 0 N–H and O–H groups in total. The minimum atomic E-state index is -1.79. The summed E-state index contributed by atoms with van der Waals surface area (Å²) >= 11 is 0.00586. The number of hydrogen-bond acceptors (Lipinski definition) is 3. The molecule has 0 saturated heterocycles. The van der Waals surface area contributed by atoms with E-state index in [-0.39, 0.29) is 26.0 Å². The Kier molecular flexibility index (Phi) is 11.9. The molecule has 7 aromatic rings. The molecule has 9 rings (SSSR count). The first-order valence-electron chi connectivity index (χ1n) is 21.7. The molecule has 5 heteroatoms. The molecular formula is C51H54GeIrN2S-2. The predicted octanol–water partition coefficient (Wildman–Crippen LogP) is 14.1. The number of hydrogen-bond donors (Lipinski definition) is 0. The quantitative estimate of drug-likeness (QED) is 0.117. The van der Waals surface area contributed by atoms with Crippen LogP contribution in [-0.2, 0) is 26.5 Å². The number of pyridine rings is 2. The van der Waals surface area contributed by atoms with E-state index in [9.17, 15) is 0 Å². The second-order valence-electron chi connectivity index (χ2n) is 16.6. The molecule has 0 aliphatic heterocycles. The zero-order chi connectivity index (χ0) is 40.7. The third kappa shape index (κ3) is 9.31. The Morgan fingerprint density at radius 3 is 2.18 bits per heavy atom. The van der Waals surface area contributed by atoms with Gasteiger partial charge in [0, 0.05) is 33.7 Å². The third-order valence-electron chi connectivity index (χ3n) is 11.5. The van der Waals surface area contributed by atoms with Gasteiger partial charge >= 0.3 is 139 Å². The summed E-state index contributed by atoms with van der Waals surface area (Å²) in [5.74, 6) is 6.85. The molecule has 0 amide bonds. The number of aromatic nitrogens is 2. The number of thiophene rings is 1. The van der Waals surface area contributed by atoms with Gasteiger partial charge in [0.25, 0.3) is 0 Å². The van der Waals surface area contributed by atoms with Crippen molar-refractivity contribution in [1.82, 2.24) is 9.97 Å². The normalized spacial score (nSPS) is 16.7. The number of benzene rings is 4. The van der Waals surface area contributed by atoms with Crippen LogP contribution in [0, 0.1) is 31.9 Å². The third-order valence-corrected chi connectivity index (χ3v) is 16.9. The molecule has 2 aliphatic carbocycles. The Morgan fingerprint density at radius 1 is 0.732 bits per heavy atom. The van der Waals surface area contributed by atoms with E-state index < -0.39 is 25.5 Å². The summed E-state index contributed by atoms with van der Waals surface area (Å²) in [7, 11) is 0. The first-order chi connectivity index (χ1) is 27.8. The minimum absolute atomic E-state index is 0. The fourth-order valence-electron chi connectivity index (χ4n) is 8.34. The van der Waals surface area contributed by atoms with Gasteiger partial charge in [-0.15, -0.1) is 23.8 Å². The van der Waals surface area contributed by atoms with Crippen LogP contribution in [0.2, 0.25) is 17.3 Å². The van der Waals surface area contributed by atoms with Gasteiger partial charge in [0.05, 0.1) is 0 Å². The van der Waals surface area contributed by atoms with Crippen LogP contribution in [0.3, 0.4) is 0 Å². The van der Waals surface area contributed by atoms with Crippen LogP contribution in [0.5, 0.6) is 0 Å². The molecule has 0 unspecified atom stereocenters. The summed E-state index contributed by atoms with van der Waals surface area (Å²) in [5.41, 5.74) is 10.7. The van der Waals surface area contributed by atoms with Gasteiger partial charge in [0.1, 0.15) is 0 Å². The van der Waals surface area contributed by atoms with Crippen LogP contribution in [0.1, 0.15) is 90.0 Å². The van der Waals surface area contributed by atoms with Crippen molar-refractivity contribution in [2.75, 3.05) is 0 Å². The van der Waals surface area contributed by atoms with E-state index in [1.54, 1.807) is 17.5 Å². The van der Waals surface area contributed by atoms with E-state index in [0.29, 0.717) is 0 Å². The molecular weight excluding hydrogens is 937 g/mol. The molecule has 0 atom stereocenters. The topological polar surface area (TPSA) is 25.8 Å². The standard InChI is InChI=1S/C31H28NS.C20H26GeN.Ir/c1-20-6-5-7-21(2)31(20)25-10-12-26-27-18-24(11-13-29(27)33-30(26)19-25)28-17-23(14-15-32-28)16-22-8-3-4-9-22;1-21(2,3)19-13-14-20(22-15-19)18-11-9-17(10-12-18)16-7-5-4-6-8-16;/h5-7,10,12-15,17-19,22H,3-4,8-9,16H2,1-2H3;9-11,13-16H,4-8H2,1-3H3;/q2*-1;/i16D2;16D;. The first-order valence-corrected chi connectivity index (χ1v) is 28.4. The zero-order valence-electron chi connectivity index (χ0n) is 36.4. The van der Waals surface area contributed by atoms with Gasteiger partial charge in [0.2, 0.25) is 0 Å². The summed E-state index contributed by atoms with van der Waals surface area (Å²) in [6, 6.07) is 38.6. The second kappa shape index (κ2) is 18.0. The van der Waals surface area contributed by atoms with Gasteiger partial charge in [-0.25, -0.2) is 0 Å². The molecule has 1 radical (unpaired) electrons. The van der Waals surface area contributed by atoms with Crippen LogP contribution in [0.4, 0.5) is 0 Å². The van der Waals surface area contributed by atoms with E-state index in [1.165, 1.54) is 66.1 Å². The van der Waals surface area contributed by atoms with Crippen LogP contribution in [-0.4, -0.2) is 23.2 Å². The summed E-state index contributed by atoms with van der Waals surface area (Å²) in [6.45, 7) is 4.35. The smallest absolute Gasteiger partial charge is 0 e. The van der Waals surface area contributed by atoms with Crippen molar-refractivity contribution in [3.63, 3.8) is 0 Å². The van der Waals surface area contributed by atoms with Crippen molar-refractivity contribution in [2.24, 2.45) is 5.92 Å². The SMILES string of the molecule is [2H]C([2H])(c1ccnc(-c2[c-]cc3sc4cc(-c5c(C)cccc5C)ccc4c3c2)c1)C1CCCC1.[2H]C1(c2c[c-]c(-c3cc[c]([Ge]([CH3])([CH3])[CH3])cn3)cc2)CCCCC1.[Ir]. The van der Waals surface area contributed by atoms with Gasteiger partial charge in [-0.3, -0.25) is 0 Å². The average Bonchev–Trinajstić information content (AvgIpc) is 3.90. The minimum Gasteiger partial charge on any atom is 0 e. The molecule has 289 valence electrons. The second-order valence-corrected chi connectivity index (χ2v) is 28.3. The number of rotatable bonds is 7. The molecule has 0 bridgehead atoms. The van der Waals surface area contributed by atoms with Gasteiger partial charge in [-0.1, -0.05) is 73.0 Å². The van der Waals surface area contributed by atoms with Gasteiger partial charge in [-0.05, 0) is 76.3 Å². The monoisotopic (exact) mass is 996 g/mol. The fraction of sp³-hybridized carbons (Fsp3) is 0.333. The summed E-state index contributed by atoms with van der Waals surface area (Å²) in [4.78, 5) is 9.24. The Bertz CT molecular complexity index is 2530. The van der Waals surface area contributed by atoms with E-state index >= 15 is 0 Å². The molecule has 0 spiro atoms. The fourth-order valence-corrected chi connectivity index (χ4v) is 11.6. The average molecular weight is 995 g/mol. The van der Waals surface area contributed by atoms with Crippen molar-refractivity contribution in [1.29, 1.82) is 0 Å². The number of nitrogens with zero attached hydrogens (tertiary/aromatic N) is 2. The molecule has 2 aliphatic rings. The van der Waals surface area contributed by atoms with E-state index in [4.69, 9.17) is 4.11 Å². The van der Waals surface area contributed by atoms with Gasteiger partial charge < -0.3 is 4.98 Å². The predicted molar refractivity (Wildman–Crippen MR) is 239 cm³/mol. The molecule has 2 fully saturated rings. The van der Waals surface area contributed by atoms with E-state index in [2.05, 4.69) is 126 Å². The summed E-state index contributed by atoms with van der Waals surface area (Å²) in [6.07, 6.45) is 12.2. The van der Waals surface area contributed by atoms with Crippen molar-refractivity contribution in [3.05, 3.63) is 138 Å². The molecule has 2 saturated carbocycles. The van der Waals surface area contributed by atoms with Gasteiger partial charge in [0.15, 0.2) is 0 Å². The van der Waals surface area contributed by atoms with Crippen molar-refractivity contribution in [3.8, 4) is 33.6 Å². The Balaban J connectivity index is 0.000000192. The largest absolute Gasteiger partial charge is 0 e. The number of aryl methyl sites for hydroxylation is 2. The first kappa shape index (κ1) is 36.9. The van der Waals surface area contributed by atoms with E-state index in [0.717, 1.165) is 72.2 Å². The molecule has 4 aromatic carbocycles.